The van der Waals surface area contributed by atoms with E-state index in [1.165, 1.54) is 0 Å². The van der Waals surface area contributed by atoms with Gasteiger partial charge in [0.05, 0.1) is 0 Å². The summed E-state index contributed by atoms with van der Waals surface area (Å²) in [5, 5.41) is 3.08. The van der Waals surface area contributed by atoms with Gasteiger partial charge in [-0.2, -0.15) is 0 Å². The normalized spacial score (nSPS) is 17.6. The predicted octanol–water partition coefficient (Wildman–Crippen LogP) is 4.51. The summed E-state index contributed by atoms with van der Waals surface area (Å²) in [5.41, 5.74) is 0.388. The number of nitrogens with one attached hydrogen (secondary N) is 1. The van der Waals surface area contributed by atoms with Gasteiger partial charge in [0.25, 0.3) is 0 Å². The van der Waals surface area contributed by atoms with E-state index >= 15 is 0 Å². The quantitative estimate of drug-likeness (QED) is 0.543. The number of likely N-dealkylation sites (tertiary alicyclic amines) is 1. The predicted molar refractivity (Wildman–Crippen MR) is 142 cm³/mol. The maximum Gasteiger partial charge on any atom is 0.408 e. The molecule has 0 aliphatic carbocycles. The highest BCUT2D eigenvalue weighted by atomic mass is 35.5. The Balaban J connectivity index is 1.66. The zero-order valence-corrected chi connectivity index (χ0v) is 22.7. The lowest BCUT2D eigenvalue weighted by Crippen LogP contribution is -2.51. The van der Waals surface area contributed by atoms with E-state index in [4.69, 9.17) is 21.1 Å². The monoisotopic (exact) mass is 529 g/mol. The van der Waals surface area contributed by atoms with E-state index in [1.807, 2.05) is 42.5 Å². The Morgan fingerprint density at radius 2 is 1.84 bits per heavy atom. The van der Waals surface area contributed by atoms with Crippen molar-refractivity contribution in [3.8, 4) is 5.75 Å². The fourth-order valence-corrected chi connectivity index (χ4v) is 4.38. The molecule has 0 spiro atoms. The fourth-order valence-electron chi connectivity index (χ4n) is 4.20. The van der Waals surface area contributed by atoms with E-state index in [9.17, 15) is 14.4 Å². The van der Waals surface area contributed by atoms with Gasteiger partial charge in [0.15, 0.2) is 0 Å². The van der Waals surface area contributed by atoms with Crippen molar-refractivity contribution in [3.05, 3.63) is 65.2 Å². The first-order valence-electron chi connectivity index (χ1n) is 12.4. The fraction of sp³-hybridized carbons (Fsp3) is 0.464. The minimum absolute atomic E-state index is 0.0327. The molecule has 3 amide bonds. The van der Waals surface area contributed by atoms with Gasteiger partial charge in [-0.05, 0) is 44.5 Å². The van der Waals surface area contributed by atoms with Crippen LogP contribution in [0.3, 0.4) is 0 Å². The van der Waals surface area contributed by atoms with Crippen molar-refractivity contribution in [2.45, 2.75) is 51.9 Å². The maximum absolute atomic E-state index is 13.2. The molecule has 2 atom stereocenters. The third kappa shape index (κ3) is 9.28. The van der Waals surface area contributed by atoms with Crippen LogP contribution < -0.4 is 10.1 Å². The number of hydrogen-bond donors (Lipinski definition) is 1. The van der Waals surface area contributed by atoms with Crippen molar-refractivity contribution in [2.75, 3.05) is 26.7 Å². The number of nitrogens with zero attached hydrogens (tertiary/aromatic N) is 2. The molecular weight excluding hydrogens is 494 g/mol. The molecule has 1 N–H and O–H groups in total. The molecule has 1 aliphatic rings. The van der Waals surface area contributed by atoms with E-state index < -0.39 is 11.7 Å². The van der Waals surface area contributed by atoms with Crippen molar-refractivity contribution in [3.63, 3.8) is 0 Å². The van der Waals surface area contributed by atoms with Crippen LogP contribution >= 0.6 is 11.6 Å². The number of amides is 3. The zero-order chi connectivity index (χ0) is 27.0. The first kappa shape index (κ1) is 28.3. The van der Waals surface area contributed by atoms with Gasteiger partial charge in [-0.3, -0.25) is 9.59 Å². The second kappa shape index (κ2) is 12.8. The zero-order valence-electron chi connectivity index (χ0n) is 21.9. The van der Waals surface area contributed by atoms with E-state index in [0.717, 1.165) is 5.56 Å². The molecule has 200 valence electrons. The lowest BCUT2D eigenvalue weighted by atomic mass is 9.90. The number of halogens is 1. The molecule has 3 rings (SSSR count). The Labute approximate surface area is 223 Å². The van der Waals surface area contributed by atoms with E-state index in [0.29, 0.717) is 36.8 Å². The smallest absolute Gasteiger partial charge is 0.408 e. The van der Waals surface area contributed by atoms with Gasteiger partial charge in [-0.25, -0.2) is 4.79 Å². The van der Waals surface area contributed by atoms with Crippen LogP contribution in [0.1, 0.15) is 39.2 Å². The molecular formula is C28H36ClN3O5. The van der Waals surface area contributed by atoms with E-state index in [1.54, 1.807) is 49.8 Å². The Kier molecular flexibility index (Phi) is 9.80. The number of hydrogen-bond acceptors (Lipinski definition) is 5. The van der Waals surface area contributed by atoms with Crippen LogP contribution in [0.2, 0.25) is 5.02 Å². The third-order valence-electron chi connectivity index (χ3n) is 6.01. The Hall–Kier alpha value is -3.26. The topological polar surface area (TPSA) is 88.2 Å². The molecule has 1 fully saturated rings. The van der Waals surface area contributed by atoms with Crippen molar-refractivity contribution < 1.29 is 23.9 Å². The molecule has 2 aromatic rings. The second-order valence-corrected chi connectivity index (χ2v) is 10.7. The van der Waals surface area contributed by atoms with Gasteiger partial charge in [0.1, 0.15) is 24.0 Å². The summed E-state index contributed by atoms with van der Waals surface area (Å²) in [6.07, 6.45) is -0.146. The number of piperidine rings is 1. The summed E-state index contributed by atoms with van der Waals surface area (Å²) >= 11 is 6.13. The van der Waals surface area contributed by atoms with Crippen molar-refractivity contribution in [1.29, 1.82) is 0 Å². The molecule has 1 aliphatic heterocycles. The molecule has 9 heteroatoms. The molecule has 0 saturated carbocycles. The molecule has 0 unspecified atom stereocenters. The summed E-state index contributed by atoms with van der Waals surface area (Å²) in [4.78, 5) is 41.4. The summed E-state index contributed by atoms with van der Waals surface area (Å²) in [6, 6.07) is 16.9. The van der Waals surface area contributed by atoms with Crippen LogP contribution in [0.5, 0.6) is 5.75 Å². The molecule has 2 aromatic carbocycles. The molecule has 1 saturated heterocycles. The number of benzene rings is 2. The first-order valence-corrected chi connectivity index (χ1v) is 12.8. The van der Waals surface area contributed by atoms with Gasteiger partial charge >= 0.3 is 6.09 Å². The number of rotatable bonds is 8. The Bertz CT molecular complexity index is 1070. The molecule has 0 radical (unpaired) electrons. The van der Waals surface area contributed by atoms with Crippen molar-refractivity contribution in [2.24, 2.45) is 5.92 Å². The van der Waals surface area contributed by atoms with Crippen LogP contribution in [0.4, 0.5) is 4.79 Å². The van der Waals surface area contributed by atoms with Crippen LogP contribution in [0.25, 0.3) is 0 Å². The summed E-state index contributed by atoms with van der Waals surface area (Å²) in [5.74, 6) is 0.125. The Morgan fingerprint density at radius 3 is 2.51 bits per heavy atom. The summed E-state index contributed by atoms with van der Waals surface area (Å²) in [7, 11) is 1.78. The lowest BCUT2D eigenvalue weighted by Gasteiger charge is -2.39. The molecule has 8 nitrogen and oxygen atoms in total. The first-order chi connectivity index (χ1) is 17.5. The average molecular weight is 530 g/mol. The SMILES string of the molecule is CN(Cc1ccccc1)C(=O)C[C@H]1CN(C(=O)CNC(=O)OC(C)(C)C)CC[C@@H]1Oc1cccc(Cl)c1. The summed E-state index contributed by atoms with van der Waals surface area (Å²) < 4.78 is 11.5. The molecule has 1 heterocycles. The Morgan fingerprint density at radius 1 is 1.11 bits per heavy atom. The van der Waals surface area contributed by atoms with Gasteiger partial charge in [-0.1, -0.05) is 48.0 Å². The highest BCUT2D eigenvalue weighted by molar-refractivity contribution is 6.30. The number of alkyl carbamates (subject to hydrolysis) is 1. The van der Waals surface area contributed by atoms with E-state index in [2.05, 4.69) is 5.32 Å². The van der Waals surface area contributed by atoms with Crippen molar-refractivity contribution >= 4 is 29.5 Å². The van der Waals surface area contributed by atoms with Gasteiger partial charge in [0.2, 0.25) is 11.8 Å². The van der Waals surface area contributed by atoms with Crippen LogP contribution in [-0.2, 0) is 20.9 Å². The highest BCUT2D eigenvalue weighted by Gasteiger charge is 2.35. The summed E-state index contributed by atoms with van der Waals surface area (Å²) in [6.45, 7) is 6.38. The highest BCUT2D eigenvalue weighted by Crippen LogP contribution is 2.28. The number of ether oxygens (including phenoxy) is 2. The minimum atomic E-state index is -0.652. The largest absolute Gasteiger partial charge is 0.490 e. The second-order valence-electron chi connectivity index (χ2n) is 10.3. The van der Waals surface area contributed by atoms with Gasteiger partial charge in [0, 0.05) is 50.5 Å². The third-order valence-corrected chi connectivity index (χ3v) is 6.24. The standard InChI is InChI=1S/C28H36ClN3O5/c1-28(2,3)37-27(35)30-17-26(34)32-14-13-24(36-23-12-8-11-22(29)16-23)21(19-32)15-25(33)31(4)18-20-9-6-5-7-10-20/h5-12,16,21,24H,13-15,17-19H2,1-4H3,(H,30,35)/t21-,24-/m0/s1. The van der Waals surface area contributed by atoms with E-state index in [-0.39, 0.29) is 36.8 Å². The minimum Gasteiger partial charge on any atom is -0.490 e. The average Bonchev–Trinajstić information content (AvgIpc) is 2.83. The number of carbonyl (C=O) groups is 3. The van der Waals surface area contributed by atoms with Crippen LogP contribution in [0.15, 0.2) is 54.6 Å². The van der Waals surface area contributed by atoms with Crippen LogP contribution in [-0.4, -0.2) is 66.1 Å². The lowest BCUT2D eigenvalue weighted by molar-refractivity contribution is -0.138. The maximum atomic E-state index is 13.2. The van der Waals surface area contributed by atoms with Crippen LogP contribution in [0, 0.1) is 5.92 Å². The molecule has 0 bridgehead atoms. The van der Waals surface area contributed by atoms with Gasteiger partial charge < -0.3 is 24.6 Å². The number of carbonyl (C=O) groups excluding carboxylic acids is 3. The van der Waals surface area contributed by atoms with Gasteiger partial charge in [-0.15, -0.1) is 0 Å². The molecule has 37 heavy (non-hydrogen) atoms. The molecule has 0 aromatic heterocycles. The van der Waals surface area contributed by atoms with Crippen molar-refractivity contribution in [1.82, 2.24) is 15.1 Å².